The second-order valence-electron chi connectivity index (χ2n) is 16.6. The van der Waals surface area contributed by atoms with Gasteiger partial charge in [0.1, 0.15) is 6.61 Å². The number of amides is 1. The van der Waals surface area contributed by atoms with E-state index in [0.717, 1.165) is 78.0 Å². The highest BCUT2D eigenvalue weighted by Crippen LogP contribution is 2.22. The standard InChI is InChI=1S/C18H23NO2.C17H19NO2.C14H14O3.C4H9NO/c20-17-8-10-19(14-17)11-13-21-12-9-16-6-3-5-15-4-1-2-7-18(15)16;19-15-10-11-18(12-15)17(20)9-8-14-6-3-5-13-4-1-2-7-16(13)14;15-14(16)10-17-9-8-12-6-3-5-11-4-1-2-7-13(11)12;6-4-1-2-5-3-4/h1-7,17,20H,8-14H2;1-7,15,19H,8-12H2;1-7H,8-10H2,(H,15,16);4-6H,1-3H2. The molecule has 6 aromatic rings. The van der Waals surface area contributed by atoms with Crippen molar-refractivity contribution in [3.8, 4) is 0 Å². The lowest BCUT2D eigenvalue weighted by molar-refractivity contribution is -0.142. The molecule has 11 heteroatoms. The zero-order valence-corrected chi connectivity index (χ0v) is 36.9. The molecule has 0 spiro atoms. The van der Waals surface area contributed by atoms with Crippen LogP contribution in [0.3, 0.4) is 0 Å². The van der Waals surface area contributed by atoms with Crippen LogP contribution in [0.4, 0.5) is 0 Å². The van der Waals surface area contributed by atoms with Crippen molar-refractivity contribution in [1.82, 2.24) is 15.1 Å². The lowest BCUT2D eigenvalue weighted by Crippen LogP contribution is -2.29. The number of likely N-dealkylation sites (tertiary alicyclic amines) is 2. The van der Waals surface area contributed by atoms with Gasteiger partial charge in [0, 0.05) is 45.7 Å². The van der Waals surface area contributed by atoms with Gasteiger partial charge in [0.2, 0.25) is 5.91 Å². The molecule has 0 saturated carbocycles. The van der Waals surface area contributed by atoms with Gasteiger partial charge in [0.05, 0.1) is 38.1 Å². The van der Waals surface area contributed by atoms with E-state index in [0.29, 0.717) is 32.5 Å². The second kappa shape index (κ2) is 25.9. The number of aryl methyl sites for hydroxylation is 1. The first kappa shape index (κ1) is 48.2. The van der Waals surface area contributed by atoms with Gasteiger partial charge in [-0.15, -0.1) is 0 Å². The first-order valence-corrected chi connectivity index (χ1v) is 22.8. The highest BCUT2D eigenvalue weighted by Gasteiger charge is 2.24. The van der Waals surface area contributed by atoms with Gasteiger partial charge in [0.25, 0.3) is 0 Å². The van der Waals surface area contributed by atoms with Gasteiger partial charge in [-0.1, -0.05) is 127 Å². The van der Waals surface area contributed by atoms with Crippen molar-refractivity contribution >= 4 is 44.2 Å². The number of carbonyl (C=O) groups excluding carboxylic acids is 1. The van der Waals surface area contributed by atoms with Crippen LogP contribution in [-0.2, 0) is 38.3 Å². The molecule has 11 nitrogen and oxygen atoms in total. The molecule has 3 unspecified atom stereocenters. The molecule has 0 bridgehead atoms. The number of β-amino-alcohol motifs (C(OH)–C–C–N with tert-alkyl or cyclic N) is 3. The summed E-state index contributed by atoms with van der Waals surface area (Å²) in [7, 11) is 0. The number of aliphatic carboxylic acids is 1. The Kier molecular flexibility index (Phi) is 19.5. The number of aliphatic hydroxyl groups excluding tert-OH is 3. The van der Waals surface area contributed by atoms with Gasteiger partial charge in [-0.2, -0.15) is 0 Å². The highest BCUT2D eigenvalue weighted by atomic mass is 16.5. The minimum Gasteiger partial charge on any atom is -0.480 e. The van der Waals surface area contributed by atoms with Crippen LogP contribution >= 0.6 is 0 Å². The number of carboxylic acids is 1. The van der Waals surface area contributed by atoms with Crippen LogP contribution < -0.4 is 5.32 Å². The van der Waals surface area contributed by atoms with E-state index >= 15 is 0 Å². The summed E-state index contributed by atoms with van der Waals surface area (Å²) < 4.78 is 10.8. The molecule has 1 amide bonds. The molecule has 6 aromatic carbocycles. The smallest absolute Gasteiger partial charge is 0.329 e. The summed E-state index contributed by atoms with van der Waals surface area (Å²) in [5.74, 6) is -0.780. The molecule has 5 N–H and O–H groups in total. The molecule has 340 valence electrons. The zero-order valence-electron chi connectivity index (χ0n) is 36.9. The summed E-state index contributed by atoms with van der Waals surface area (Å²) in [6.07, 6.45) is 4.95. The molecular weight excluding hydrogens is 807 g/mol. The van der Waals surface area contributed by atoms with Crippen molar-refractivity contribution in [3.05, 3.63) is 144 Å². The van der Waals surface area contributed by atoms with Gasteiger partial charge in [-0.05, 0) is 94.1 Å². The van der Waals surface area contributed by atoms with Gasteiger partial charge in [-0.25, -0.2) is 4.79 Å². The van der Waals surface area contributed by atoms with Crippen molar-refractivity contribution in [1.29, 1.82) is 0 Å². The van der Waals surface area contributed by atoms with E-state index < -0.39 is 5.97 Å². The topological polar surface area (TPSA) is 152 Å². The fraction of sp³-hybridized carbons (Fsp3) is 0.396. The third kappa shape index (κ3) is 15.5. The van der Waals surface area contributed by atoms with Crippen LogP contribution in [0, 0.1) is 0 Å². The number of carboxylic acid groups (broad SMARTS) is 1. The third-order valence-corrected chi connectivity index (χ3v) is 11.9. The van der Waals surface area contributed by atoms with E-state index in [2.05, 4.69) is 95.1 Å². The van der Waals surface area contributed by atoms with E-state index in [-0.39, 0.29) is 30.8 Å². The Morgan fingerprint density at radius 1 is 0.562 bits per heavy atom. The quantitative estimate of drug-likeness (QED) is 0.0753. The van der Waals surface area contributed by atoms with Crippen LogP contribution in [0.2, 0.25) is 0 Å². The van der Waals surface area contributed by atoms with Crippen molar-refractivity contribution in [2.75, 3.05) is 72.2 Å². The molecular formula is C53H65N3O8. The summed E-state index contributed by atoms with van der Waals surface area (Å²) in [4.78, 5) is 26.5. The van der Waals surface area contributed by atoms with E-state index in [9.17, 15) is 19.8 Å². The SMILES string of the molecule is O=C(CCc1cccc2ccccc12)N1CCC(O)C1.O=C(O)COCCc1cccc2ccccc12.OC1CCN(CCOCCc2cccc3ccccc23)C1.OC1CCNC1. The number of ether oxygens (including phenoxy) is 2. The number of fused-ring (bicyclic) bond motifs is 3. The van der Waals surface area contributed by atoms with Crippen molar-refractivity contribution in [2.24, 2.45) is 0 Å². The summed E-state index contributed by atoms with van der Waals surface area (Å²) >= 11 is 0. The lowest BCUT2D eigenvalue weighted by atomic mass is 10.0. The minimum absolute atomic E-state index is 0.0648. The first-order chi connectivity index (χ1) is 31.2. The second-order valence-corrected chi connectivity index (χ2v) is 16.6. The van der Waals surface area contributed by atoms with E-state index in [1.807, 2.05) is 42.5 Å². The summed E-state index contributed by atoms with van der Waals surface area (Å²) in [6, 6.07) is 43.7. The summed E-state index contributed by atoms with van der Waals surface area (Å²) in [6.45, 7) is 7.38. The molecule has 0 radical (unpaired) electrons. The predicted octanol–water partition coefficient (Wildman–Crippen LogP) is 6.66. The van der Waals surface area contributed by atoms with Crippen LogP contribution in [-0.4, -0.2) is 133 Å². The summed E-state index contributed by atoms with van der Waals surface area (Å²) in [5, 5.41) is 46.6. The maximum absolute atomic E-state index is 12.1. The predicted molar refractivity (Wildman–Crippen MR) is 255 cm³/mol. The molecule has 3 fully saturated rings. The lowest BCUT2D eigenvalue weighted by Gasteiger charge is -2.15. The molecule has 3 aliphatic heterocycles. The van der Waals surface area contributed by atoms with Crippen molar-refractivity contribution < 1.29 is 39.5 Å². The molecule has 0 aromatic heterocycles. The Labute approximate surface area is 377 Å². The third-order valence-electron chi connectivity index (χ3n) is 11.9. The Morgan fingerprint density at radius 2 is 1.06 bits per heavy atom. The van der Waals surface area contributed by atoms with Crippen LogP contribution in [0.25, 0.3) is 32.3 Å². The maximum atomic E-state index is 12.1. The van der Waals surface area contributed by atoms with Gasteiger partial charge in [0.15, 0.2) is 0 Å². The maximum Gasteiger partial charge on any atom is 0.329 e. The van der Waals surface area contributed by atoms with Crippen molar-refractivity contribution in [2.45, 2.75) is 63.3 Å². The Hall–Kier alpha value is -5.24. The average molecular weight is 872 g/mol. The van der Waals surface area contributed by atoms with E-state index in [1.54, 1.807) is 4.90 Å². The number of benzene rings is 6. The van der Waals surface area contributed by atoms with E-state index in [1.165, 1.54) is 49.0 Å². The number of nitrogens with zero attached hydrogens (tertiary/aromatic N) is 2. The molecule has 0 aliphatic carbocycles. The Bertz CT molecular complexity index is 2330. The van der Waals surface area contributed by atoms with Crippen LogP contribution in [0.15, 0.2) is 127 Å². The fourth-order valence-electron chi connectivity index (χ4n) is 8.37. The Balaban J connectivity index is 0.000000150. The number of carbonyl (C=O) groups is 2. The first-order valence-electron chi connectivity index (χ1n) is 22.8. The Morgan fingerprint density at radius 3 is 1.52 bits per heavy atom. The van der Waals surface area contributed by atoms with Crippen LogP contribution in [0.1, 0.15) is 42.4 Å². The largest absolute Gasteiger partial charge is 0.480 e. The van der Waals surface area contributed by atoms with Gasteiger partial charge >= 0.3 is 5.97 Å². The van der Waals surface area contributed by atoms with Gasteiger partial charge in [-0.3, -0.25) is 9.69 Å². The highest BCUT2D eigenvalue weighted by molar-refractivity contribution is 5.87. The average Bonchev–Trinajstić information content (AvgIpc) is 4.10. The molecule has 3 heterocycles. The van der Waals surface area contributed by atoms with Crippen LogP contribution in [0.5, 0.6) is 0 Å². The molecule has 9 rings (SSSR count). The van der Waals surface area contributed by atoms with Crippen molar-refractivity contribution in [3.63, 3.8) is 0 Å². The zero-order chi connectivity index (χ0) is 44.9. The summed E-state index contributed by atoms with van der Waals surface area (Å²) in [5.41, 5.74) is 3.76. The minimum atomic E-state index is -0.928. The monoisotopic (exact) mass is 871 g/mol. The normalized spacial score (nSPS) is 18.2. The number of rotatable bonds is 14. The number of hydrogen-bond donors (Lipinski definition) is 5. The molecule has 3 saturated heterocycles. The number of nitrogens with one attached hydrogen (secondary N) is 1. The van der Waals surface area contributed by atoms with E-state index in [4.69, 9.17) is 19.7 Å². The number of aliphatic hydroxyl groups is 3. The molecule has 3 aliphatic rings. The molecule has 64 heavy (non-hydrogen) atoms. The molecule has 3 atom stereocenters. The van der Waals surface area contributed by atoms with Gasteiger partial charge < -0.3 is 40.1 Å². The number of hydrogen-bond acceptors (Lipinski definition) is 9. The fourth-order valence-corrected chi connectivity index (χ4v) is 8.37.